The Bertz CT molecular complexity index is 173. The summed E-state index contributed by atoms with van der Waals surface area (Å²) in [6.07, 6.45) is 5.03. The molecule has 0 N–H and O–H groups in total. The van der Waals surface area contributed by atoms with E-state index in [0.29, 0.717) is 5.92 Å². The zero-order chi connectivity index (χ0) is 11.7. The van der Waals surface area contributed by atoms with Crippen LogP contribution < -0.4 is 0 Å². The second kappa shape index (κ2) is 8.75. The van der Waals surface area contributed by atoms with Gasteiger partial charge in [-0.25, -0.2) is 0 Å². The number of hydrogen-bond acceptors (Lipinski definition) is 2. The quantitative estimate of drug-likeness (QED) is 0.335. The fourth-order valence-corrected chi connectivity index (χ4v) is 1.15. The molecule has 0 rings (SSSR count). The van der Waals surface area contributed by atoms with Crippen molar-refractivity contribution in [3.8, 4) is 0 Å². The predicted molar refractivity (Wildman–Crippen MR) is 67.2 cm³/mol. The van der Waals surface area contributed by atoms with Gasteiger partial charge in [0.2, 0.25) is 0 Å². The van der Waals surface area contributed by atoms with Crippen molar-refractivity contribution in [2.75, 3.05) is 6.61 Å². The van der Waals surface area contributed by atoms with Crippen LogP contribution in [0.25, 0.3) is 0 Å². The first kappa shape index (κ1) is 14.5. The summed E-state index contributed by atoms with van der Waals surface area (Å²) in [5.74, 6) is 1.32. The van der Waals surface area contributed by atoms with Gasteiger partial charge in [0, 0.05) is 0 Å². The van der Waals surface area contributed by atoms with Crippen LogP contribution in [0.4, 0.5) is 0 Å². The van der Waals surface area contributed by atoms with Crippen LogP contribution in [0.1, 0.15) is 60.3 Å². The highest BCUT2D eigenvalue weighted by molar-refractivity contribution is 5.83. The predicted octanol–water partition coefficient (Wildman–Crippen LogP) is 4.25. The van der Waals surface area contributed by atoms with E-state index >= 15 is 0 Å². The minimum absolute atomic E-state index is 0.492. The third kappa shape index (κ3) is 9.77. The molecular formula is C13H27NO. The summed E-state index contributed by atoms with van der Waals surface area (Å²) < 4.78 is 0. The Kier molecular flexibility index (Phi) is 8.44. The van der Waals surface area contributed by atoms with E-state index in [9.17, 15) is 0 Å². The molecule has 15 heavy (non-hydrogen) atoms. The summed E-state index contributed by atoms with van der Waals surface area (Å²) in [6.45, 7) is 11.6. The van der Waals surface area contributed by atoms with Gasteiger partial charge in [-0.3, -0.25) is 0 Å². The lowest BCUT2D eigenvalue weighted by atomic mass is 10.1. The molecule has 0 amide bonds. The highest BCUT2D eigenvalue weighted by atomic mass is 16.6. The first-order valence-electron chi connectivity index (χ1n) is 6.20. The average molecular weight is 213 g/mol. The summed E-state index contributed by atoms with van der Waals surface area (Å²) in [7, 11) is 0. The highest BCUT2D eigenvalue weighted by Crippen LogP contribution is 2.08. The Labute approximate surface area is 95.1 Å². The van der Waals surface area contributed by atoms with Gasteiger partial charge in [0.05, 0.1) is 5.71 Å². The van der Waals surface area contributed by atoms with Crippen molar-refractivity contribution in [2.24, 2.45) is 17.0 Å². The summed E-state index contributed by atoms with van der Waals surface area (Å²) >= 11 is 0. The van der Waals surface area contributed by atoms with Crippen molar-refractivity contribution in [2.45, 2.75) is 60.3 Å². The van der Waals surface area contributed by atoms with Crippen molar-refractivity contribution in [3.05, 3.63) is 0 Å². The smallest absolute Gasteiger partial charge is 0.117 e. The van der Waals surface area contributed by atoms with E-state index in [-0.39, 0.29) is 0 Å². The molecule has 0 aromatic rings. The summed E-state index contributed by atoms with van der Waals surface area (Å²) in [5, 5.41) is 4.07. The molecule has 0 aliphatic heterocycles. The minimum Gasteiger partial charge on any atom is -0.396 e. The first-order valence-corrected chi connectivity index (χ1v) is 6.20. The van der Waals surface area contributed by atoms with E-state index in [2.05, 4.69) is 32.9 Å². The maximum Gasteiger partial charge on any atom is 0.117 e. The third-order valence-corrected chi connectivity index (χ3v) is 2.56. The van der Waals surface area contributed by atoms with Crippen LogP contribution in [0, 0.1) is 11.8 Å². The lowest BCUT2D eigenvalue weighted by Crippen LogP contribution is -2.03. The van der Waals surface area contributed by atoms with E-state index < -0.39 is 0 Å². The van der Waals surface area contributed by atoms with Gasteiger partial charge in [-0.15, -0.1) is 0 Å². The first-order chi connectivity index (χ1) is 7.04. The Hall–Kier alpha value is -0.530. The summed E-state index contributed by atoms with van der Waals surface area (Å²) in [4.78, 5) is 5.25. The van der Waals surface area contributed by atoms with Crippen molar-refractivity contribution in [1.29, 1.82) is 0 Å². The largest absolute Gasteiger partial charge is 0.396 e. The molecule has 0 aliphatic rings. The monoisotopic (exact) mass is 213 g/mol. The summed E-state index contributed by atoms with van der Waals surface area (Å²) in [5.41, 5.74) is 1.08. The van der Waals surface area contributed by atoms with Crippen molar-refractivity contribution >= 4 is 5.71 Å². The molecular weight excluding hydrogens is 186 g/mol. The van der Waals surface area contributed by atoms with Crippen molar-refractivity contribution < 1.29 is 4.84 Å². The second-order valence-corrected chi connectivity index (χ2v) is 4.96. The number of nitrogens with zero attached hydrogens (tertiary/aromatic N) is 1. The maximum absolute atomic E-state index is 5.25. The molecule has 0 unspecified atom stereocenters. The van der Waals surface area contributed by atoms with Crippen molar-refractivity contribution in [3.63, 3.8) is 0 Å². The Balaban J connectivity index is 3.28. The van der Waals surface area contributed by atoms with Gasteiger partial charge >= 0.3 is 0 Å². The van der Waals surface area contributed by atoms with E-state index in [1.807, 2.05) is 6.92 Å². The van der Waals surface area contributed by atoms with Crippen LogP contribution in [0.5, 0.6) is 0 Å². The van der Waals surface area contributed by atoms with Gasteiger partial charge in [0.15, 0.2) is 0 Å². The molecule has 0 fully saturated rings. The molecule has 0 saturated heterocycles. The van der Waals surface area contributed by atoms with Crippen LogP contribution in [0.2, 0.25) is 0 Å². The van der Waals surface area contributed by atoms with E-state index in [4.69, 9.17) is 4.84 Å². The second-order valence-electron chi connectivity index (χ2n) is 4.96. The Morgan fingerprint density at radius 3 is 2.27 bits per heavy atom. The molecule has 0 heterocycles. The zero-order valence-electron chi connectivity index (χ0n) is 11.0. The molecule has 0 saturated carbocycles. The van der Waals surface area contributed by atoms with Crippen LogP contribution in [-0.2, 0) is 4.84 Å². The number of oxime groups is 1. The molecule has 2 nitrogen and oxygen atoms in total. The van der Waals surface area contributed by atoms with E-state index in [1.54, 1.807) is 0 Å². The number of hydrogen-bond donors (Lipinski definition) is 0. The van der Waals surface area contributed by atoms with Gasteiger partial charge in [-0.05, 0) is 31.6 Å². The maximum atomic E-state index is 5.25. The number of rotatable bonds is 8. The van der Waals surface area contributed by atoms with Gasteiger partial charge in [0.1, 0.15) is 6.61 Å². The molecule has 0 aliphatic carbocycles. The SMILES string of the molecule is C/C(=N\OCCCCCC(C)C)C(C)C. The van der Waals surface area contributed by atoms with E-state index in [0.717, 1.165) is 24.7 Å². The molecule has 0 atom stereocenters. The molecule has 0 bridgehead atoms. The fraction of sp³-hybridized carbons (Fsp3) is 0.923. The van der Waals surface area contributed by atoms with E-state index in [1.165, 1.54) is 19.3 Å². The fourth-order valence-electron chi connectivity index (χ4n) is 1.15. The Morgan fingerprint density at radius 2 is 1.73 bits per heavy atom. The summed E-state index contributed by atoms with van der Waals surface area (Å²) in [6, 6.07) is 0. The molecule has 90 valence electrons. The highest BCUT2D eigenvalue weighted by Gasteiger charge is 1.98. The Morgan fingerprint density at radius 1 is 1.07 bits per heavy atom. The number of unbranched alkanes of at least 4 members (excludes halogenated alkanes) is 2. The van der Waals surface area contributed by atoms with Crippen LogP contribution in [0.15, 0.2) is 5.16 Å². The minimum atomic E-state index is 0.492. The van der Waals surface area contributed by atoms with Crippen LogP contribution in [-0.4, -0.2) is 12.3 Å². The lowest BCUT2D eigenvalue weighted by Gasteiger charge is -2.05. The zero-order valence-corrected chi connectivity index (χ0v) is 11.0. The van der Waals surface area contributed by atoms with Crippen molar-refractivity contribution in [1.82, 2.24) is 0 Å². The van der Waals surface area contributed by atoms with Gasteiger partial charge in [-0.1, -0.05) is 45.7 Å². The van der Waals surface area contributed by atoms with Crippen LogP contribution >= 0.6 is 0 Å². The molecule has 2 heteroatoms. The lowest BCUT2D eigenvalue weighted by molar-refractivity contribution is 0.138. The standard InChI is InChI=1S/C13H27NO/c1-11(2)9-7-6-8-10-15-14-13(5)12(3)4/h11-12H,6-10H2,1-5H3/b14-13+. The average Bonchev–Trinajstić information content (AvgIpc) is 2.15. The van der Waals surface area contributed by atoms with Gasteiger partial charge in [0.25, 0.3) is 0 Å². The molecule has 0 radical (unpaired) electrons. The topological polar surface area (TPSA) is 21.6 Å². The van der Waals surface area contributed by atoms with Gasteiger partial charge in [-0.2, -0.15) is 0 Å². The molecule has 0 spiro atoms. The third-order valence-electron chi connectivity index (χ3n) is 2.56. The van der Waals surface area contributed by atoms with Crippen LogP contribution in [0.3, 0.4) is 0 Å². The normalized spacial score (nSPS) is 12.6. The molecule has 0 aromatic carbocycles. The van der Waals surface area contributed by atoms with Gasteiger partial charge < -0.3 is 4.84 Å². The molecule has 0 aromatic heterocycles.